The standard InChI is InChI=1S/C16H17ClN4.C2H6/c17-14-15(11-4-6-13(19)7-5-11)20-21-16(14)12-3-1-2-10(8-12)9-18;1-2/h1-3,8,11,13H,4-7,19H2,(H,20,21);1-2H3. The lowest BCUT2D eigenvalue weighted by Gasteiger charge is -2.25. The van der Waals surface area contributed by atoms with Crippen LogP contribution in [0.4, 0.5) is 0 Å². The van der Waals surface area contributed by atoms with Crippen LogP contribution < -0.4 is 5.73 Å². The summed E-state index contributed by atoms with van der Waals surface area (Å²) < 4.78 is 0. The molecule has 1 fully saturated rings. The number of hydrogen-bond acceptors (Lipinski definition) is 3. The van der Waals surface area contributed by atoms with E-state index in [-0.39, 0.29) is 0 Å². The van der Waals surface area contributed by atoms with Crippen LogP contribution in [0.2, 0.25) is 5.02 Å². The van der Waals surface area contributed by atoms with Gasteiger partial charge in [-0.3, -0.25) is 5.10 Å². The lowest BCUT2D eigenvalue weighted by atomic mass is 9.84. The number of nitrogens with two attached hydrogens (primary N) is 1. The fourth-order valence-corrected chi connectivity index (χ4v) is 3.30. The van der Waals surface area contributed by atoms with E-state index in [4.69, 9.17) is 22.6 Å². The van der Waals surface area contributed by atoms with Crippen LogP contribution in [0.1, 0.15) is 56.7 Å². The van der Waals surface area contributed by atoms with Crippen molar-refractivity contribution in [2.45, 2.75) is 51.5 Å². The Hall–Kier alpha value is -1.83. The Morgan fingerprint density at radius 3 is 2.61 bits per heavy atom. The third kappa shape index (κ3) is 3.93. The summed E-state index contributed by atoms with van der Waals surface area (Å²) >= 11 is 6.52. The van der Waals surface area contributed by atoms with Crippen LogP contribution in [0.15, 0.2) is 24.3 Å². The van der Waals surface area contributed by atoms with E-state index in [1.165, 1.54) is 0 Å². The minimum atomic E-state index is 0.315. The Bertz CT molecular complexity index is 679. The van der Waals surface area contributed by atoms with Crippen molar-refractivity contribution in [1.29, 1.82) is 5.26 Å². The molecule has 0 amide bonds. The third-order valence-electron chi connectivity index (χ3n) is 4.18. The first-order valence-electron chi connectivity index (χ1n) is 8.19. The summed E-state index contributed by atoms with van der Waals surface area (Å²) in [6, 6.07) is 9.80. The zero-order chi connectivity index (χ0) is 16.8. The molecule has 5 heteroatoms. The number of aromatic nitrogens is 2. The van der Waals surface area contributed by atoms with Crippen molar-refractivity contribution in [3.8, 4) is 17.3 Å². The number of rotatable bonds is 2. The second kappa shape index (κ2) is 8.14. The fraction of sp³-hybridized carbons (Fsp3) is 0.444. The van der Waals surface area contributed by atoms with Crippen molar-refractivity contribution >= 4 is 11.6 Å². The van der Waals surface area contributed by atoms with Crippen molar-refractivity contribution in [2.24, 2.45) is 5.73 Å². The van der Waals surface area contributed by atoms with Gasteiger partial charge in [-0.05, 0) is 37.8 Å². The molecule has 1 aromatic carbocycles. The lowest BCUT2D eigenvalue weighted by Crippen LogP contribution is -2.25. The summed E-state index contributed by atoms with van der Waals surface area (Å²) in [6.45, 7) is 4.00. The van der Waals surface area contributed by atoms with Gasteiger partial charge in [0.05, 0.1) is 22.3 Å². The number of halogens is 1. The van der Waals surface area contributed by atoms with Gasteiger partial charge in [0.15, 0.2) is 0 Å². The molecular formula is C18H23ClN4. The van der Waals surface area contributed by atoms with Gasteiger partial charge >= 0.3 is 0 Å². The number of H-pyrrole nitrogens is 1. The number of aromatic amines is 1. The molecule has 2 aromatic rings. The Labute approximate surface area is 142 Å². The highest BCUT2D eigenvalue weighted by molar-refractivity contribution is 6.33. The predicted octanol–water partition coefficient (Wildman–Crippen LogP) is 4.61. The first-order valence-corrected chi connectivity index (χ1v) is 8.56. The molecule has 0 spiro atoms. The normalized spacial score (nSPS) is 20.3. The van der Waals surface area contributed by atoms with Gasteiger partial charge in [-0.15, -0.1) is 0 Å². The first-order chi connectivity index (χ1) is 11.2. The molecule has 1 aliphatic carbocycles. The van der Waals surface area contributed by atoms with E-state index in [9.17, 15) is 0 Å². The summed E-state index contributed by atoms with van der Waals surface area (Å²) in [5.74, 6) is 0.401. The Balaban J connectivity index is 0.000000924. The molecule has 1 aliphatic rings. The molecule has 0 bridgehead atoms. The Morgan fingerprint density at radius 1 is 1.26 bits per heavy atom. The topological polar surface area (TPSA) is 78.5 Å². The Kier molecular flexibility index (Phi) is 6.20. The highest BCUT2D eigenvalue weighted by atomic mass is 35.5. The molecule has 4 nitrogen and oxygen atoms in total. The van der Waals surface area contributed by atoms with Crippen LogP contribution >= 0.6 is 11.6 Å². The average molecular weight is 331 g/mol. The van der Waals surface area contributed by atoms with E-state index in [0.29, 0.717) is 22.5 Å². The van der Waals surface area contributed by atoms with E-state index < -0.39 is 0 Å². The van der Waals surface area contributed by atoms with Crippen LogP contribution in [0.5, 0.6) is 0 Å². The molecular weight excluding hydrogens is 308 g/mol. The van der Waals surface area contributed by atoms with E-state index in [0.717, 1.165) is 42.6 Å². The maximum Gasteiger partial charge on any atom is 0.111 e. The van der Waals surface area contributed by atoms with Crippen molar-refractivity contribution in [3.63, 3.8) is 0 Å². The maximum absolute atomic E-state index is 8.99. The number of nitriles is 1. The van der Waals surface area contributed by atoms with Crippen LogP contribution in [0, 0.1) is 11.3 Å². The molecule has 0 unspecified atom stereocenters. The van der Waals surface area contributed by atoms with E-state index >= 15 is 0 Å². The summed E-state index contributed by atoms with van der Waals surface area (Å²) in [5.41, 5.74) is 9.15. The molecule has 23 heavy (non-hydrogen) atoms. The third-order valence-corrected chi connectivity index (χ3v) is 4.56. The smallest absolute Gasteiger partial charge is 0.111 e. The number of nitrogens with one attached hydrogen (secondary N) is 1. The van der Waals surface area contributed by atoms with Crippen molar-refractivity contribution in [3.05, 3.63) is 40.5 Å². The Morgan fingerprint density at radius 2 is 1.96 bits per heavy atom. The lowest BCUT2D eigenvalue weighted by molar-refractivity contribution is 0.390. The van der Waals surface area contributed by atoms with Gasteiger partial charge in [0, 0.05) is 17.5 Å². The molecule has 0 aliphatic heterocycles. The van der Waals surface area contributed by atoms with Crippen molar-refractivity contribution in [1.82, 2.24) is 10.2 Å². The summed E-state index contributed by atoms with van der Waals surface area (Å²) in [4.78, 5) is 0. The highest BCUT2D eigenvalue weighted by Gasteiger charge is 2.25. The van der Waals surface area contributed by atoms with Crippen molar-refractivity contribution in [2.75, 3.05) is 0 Å². The van der Waals surface area contributed by atoms with Gasteiger partial charge in [0.2, 0.25) is 0 Å². The molecule has 0 radical (unpaired) electrons. The molecule has 1 saturated carbocycles. The summed E-state index contributed by atoms with van der Waals surface area (Å²) in [6.07, 6.45) is 4.14. The van der Waals surface area contributed by atoms with Crippen LogP contribution in [-0.4, -0.2) is 16.2 Å². The van der Waals surface area contributed by atoms with Gasteiger partial charge in [-0.1, -0.05) is 37.6 Å². The van der Waals surface area contributed by atoms with Gasteiger partial charge in [0.1, 0.15) is 5.69 Å². The molecule has 1 heterocycles. The van der Waals surface area contributed by atoms with E-state index in [2.05, 4.69) is 16.3 Å². The zero-order valence-corrected chi connectivity index (χ0v) is 14.4. The molecule has 0 atom stereocenters. The molecule has 1 aromatic heterocycles. The quantitative estimate of drug-likeness (QED) is 0.843. The minimum Gasteiger partial charge on any atom is -0.328 e. The first kappa shape index (κ1) is 17.5. The van der Waals surface area contributed by atoms with Gasteiger partial charge in [0.25, 0.3) is 0 Å². The maximum atomic E-state index is 8.99. The highest BCUT2D eigenvalue weighted by Crippen LogP contribution is 2.38. The molecule has 3 N–H and O–H groups in total. The van der Waals surface area contributed by atoms with Gasteiger partial charge in [-0.2, -0.15) is 10.4 Å². The SMILES string of the molecule is CC.N#Cc1cccc(-c2n[nH]c(C3CCC(N)CC3)c2Cl)c1. The summed E-state index contributed by atoms with van der Waals surface area (Å²) in [7, 11) is 0. The molecule has 3 rings (SSSR count). The number of benzene rings is 1. The van der Waals surface area contributed by atoms with Crippen molar-refractivity contribution < 1.29 is 0 Å². The zero-order valence-electron chi connectivity index (χ0n) is 13.6. The van der Waals surface area contributed by atoms with E-state index in [1.807, 2.05) is 32.0 Å². The van der Waals surface area contributed by atoms with Gasteiger partial charge in [-0.25, -0.2) is 0 Å². The number of nitrogens with zero attached hydrogens (tertiary/aromatic N) is 2. The fourth-order valence-electron chi connectivity index (χ4n) is 2.95. The molecule has 122 valence electrons. The van der Waals surface area contributed by atoms with Gasteiger partial charge < -0.3 is 5.73 Å². The summed E-state index contributed by atoms with van der Waals surface area (Å²) in [5, 5.41) is 17.1. The van der Waals surface area contributed by atoms with Crippen LogP contribution in [0.25, 0.3) is 11.3 Å². The predicted molar refractivity (Wildman–Crippen MR) is 94.3 cm³/mol. The number of hydrogen-bond donors (Lipinski definition) is 2. The second-order valence-electron chi connectivity index (χ2n) is 5.60. The largest absolute Gasteiger partial charge is 0.328 e. The monoisotopic (exact) mass is 330 g/mol. The minimum absolute atomic E-state index is 0.315. The average Bonchev–Trinajstić information content (AvgIpc) is 2.99. The molecule has 0 saturated heterocycles. The van der Waals surface area contributed by atoms with Crippen LogP contribution in [0.3, 0.4) is 0 Å². The van der Waals surface area contributed by atoms with E-state index in [1.54, 1.807) is 6.07 Å². The van der Waals surface area contributed by atoms with Crippen LogP contribution in [-0.2, 0) is 0 Å². The second-order valence-corrected chi connectivity index (χ2v) is 5.98.